The van der Waals surface area contributed by atoms with E-state index in [4.69, 9.17) is 4.55 Å². The number of aromatic nitrogens is 4. The zero-order valence-electron chi connectivity index (χ0n) is 13.4. The van der Waals surface area contributed by atoms with Crippen LogP contribution in [0.2, 0.25) is 0 Å². The van der Waals surface area contributed by atoms with Crippen molar-refractivity contribution in [1.29, 1.82) is 0 Å². The SMILES string of the molecule is CCNc1nc2ccc(F)cc2n2c(C(F)(F)F)nnc12.CS(=O)(=O)O. The first-order valence-corrected chi connectivity index (χ1v) is 8.84. The number of anilines is 1. The van der Waals surface area contributed by atoms with Crippen LogP contribution in [0.4, 0.5) is 23.4 Å². The first-order valence-electron chi connectivity index (χ1n) is 6.99. The summed E-state index contributed by atoms with van der Waals surface area (Å²) in [5, 5.41) is 9.53. The molecule has 0 aliphatic rings. The normalized spacial score (nSPS) is 12.1. The highest BCUT2D eigenvalue weighted by atomic mass is 32.2. The van der Waals surface area contributed by atoms with E-state index in [1.54, 1.807) is 6.92 Å². The van der Waals surface area contributed by atoms with Crippen LogP contribution in [0, 0.1) is 5.82 Å². The third kappa shape index (κ3) is 4.54. The van der Waals surface area contributed by atoms with Crippen molar-refractivity contribution in [1.82, 2.24) is 19.6 Å². The largest absolute Gasteiger partial charge is 0.452 e. The van der Waals surface area contributed by atoms with Crippen LogP contribution < -0.4 is 5.32 Å². The molecular weight excluding hydrogens is 382 g/mol. The second-order valence-corrected chi connectivity index (χ2v) is 6.50. The molecule has 3 aromatic rings. The molecule has 13 heteroatoms. The first-order chi connectivity index (χ1) is 11.9. The molecule has 0 aliphatic carbocycles. The Hall–Kier alpha value is -2.54. The number of nitrogens with one attached hydrogen (secondary N) is 1. The molecule has 0 spiro atoms. The van der Waals surface area contributed by atoms with E-state index >= 15 is 0 Å². The van der Waals surface area contributed by atoms with Gasteiger partial charge in [0.25, 0.3) is 10.1 Å². The number of alkyl halides is 3. The molecule has 26 heavy (non-hydrogen) atoms. The van der Waals surface area contributed by atoms with Crippen molar-refractivity contribution >= 4 is 32.6 Å². The third-order valence-corrected chi connectivity index (χ3v) is 2.88. The van der Waals surface area contributed by atoms with Crippen LogP contribution in [-0.4, -0.2) is 45.4 Å². The Labute approximate surface area is 144 Å². The zero-order valence-corrected chi connectivity index (χ0v) is 14.2. The summed E-state index contributed by atoms with van der Waals surface area (Å²) in [5.41, 5.74) is 0.0800. The maximum absolute atomic E-state index is 13.4. The highest BCUT2D eigenvalue weighted by molar-refractivity contribution is 7.85. The van der Waals surface area contributed by atoms with Gasteiger partial charge >= 0.3 is 6.18 Å². The van der Waals surface area contributed by atoms with Crippen LogP contribution in [-0.2, 0) is 16.3 Å². The molecule has 0 saturated carbocycles. The van der Waals surface area contributed by atoms with Crippen LogP contribution >= 0.6 is 0 Å². The molecule has 3 rings (SSSR count). The van der Waals surface area contributed by atoms with E-state index in [2.05, 4.69) is 20.5 Å². The van der Waals surface area contributed by atoms with Crippen molar-refractivity contribution in [3.63, 3.8) is 0 Å². The summed E-state index contributed by atoms with van der Waals surface area (Å²) >= 11 is 0. The molecule has 0 aliphatic heterocycles. The fourth-order valence-corrected chi connectivity index (χ4v) is 2.08. The molecule has 0 saturated heterocycles. The molecule has 0 atom stereocenters. The van der Waals surface area contributed by atoms with Crippen molar-refractivity contribution in [3.8, 4) is 0 Å². The van der Waals surface area contributed by atoms with Crippen LogP contribution in [0.15, 0.2) is 18.2 Å². The van der Waals surface area contributed by atoms with E-state index in [9.17, 15) is 26.0 Å². The molecule has 8 nitrogen and oxygen atoms in total. The summed E-state index contributed by atoms with van der Waals surface area (Å²) in [4.78, 5) is 4.16. The molecule has 2 N–H and O–H groups in total. The second kappa shape index (κ2) is 6.99. The van der Waals surface area contributed by atoms with Crippen LogP contribution in [0.3, 0.4) is 0 Å². The van der Waals surface area contributed by atoms with Crippen molar-refractivity contribution in [3.05, 3.63) is 29.8 Å². The molecule has 0 radical (unpaired) electrons. The van der Waals surface area contributed by atoms with Crippen molar-refractivity contribution in [2.45, 2.75) is 13.1 Å². The number of rotatable bonds is 2. The Morgan fingerprint density at radius 3 is 2.42 bits per heavy atom. The maximum atomic E-state index is 13.4. The Kier molecular flexibility index (Phi) is 5.32. The van der Waals surface area contributed by atoms with E-state index < -0.39 is 27.9 Å². The van der Waals surface area contributed by atoms with Gasteiger partial charge in [-0.15, -0.1) is 10.2 Å². The molecular formula is C13H13F4N5O3S. The number of halogens is 4. The van der Waals surface area contributed by atoms with E-state index in [0.29, 0.717) is 12.8 Å². The fourth-order valence-electron chi connectivity index (χ4n) is 2.08. The molecule has 2 aromatic heterocycles. The smallest absolute Gasteiger partial charge is 0.367 e. The van der Waals surface area contributed by atoms with Gasteiger partial charge < -0.3 is 5.32 Å². The van der Waals surface area contributed by atoms with Crippen LogP contribution in [0.1, 0.15) is 12.7 Å². The average Bonchev–Trinajstić information content (AvgIpc) is 2.92. The van der Waals surface area contributed by atoms with Gasteiger partial charge in [0.15, 0.2) is 5.82 Å². The Balaban J connectivity index is 0.000000431. The monoisotopic (exact) mass is 395 g/mol. The number of benzene rings is 1. The topological polar surface area (TPSA) is 109 Å². The van der Waals surface area contributed by atoms with E-state index in [-0.39, 0.29) is 22.5 Å². The third-order valence-electron chi connectivity index (χ3n) is 2.88. The lowest BCUT2D eigenvalue weighted by Gasteiger charge is -2.10. The summed E-state index contributed by atoms with van der Waals surface area (Å²) in [6.07, 6.45) is -3.99. The van der Waals surface area contributed by atoms with Gasteiger partial charge in [0, 0.05) is 12.6 Å². The van der Waals surface area contributed by atoms with Gasteiger partial charge in [0.1, 0.15) is 5.82 Å². The van der Waals surface area contributed by atoms with Crippen LogP contribution in [0.25, 0.3) is 16.7 Å². The van der Waals surface area contributed by atoms with Crippen molar-refractivity contribution in [2.75, 3.05) is 18.1 Å². The fraction of sp³-hybridized carbons (Fsp3) is 0.308. The molecule has 142 valence electrons. The standard InChI is InChI=1S/C12H9F4N5.CH4O3S/c1-2-17-9-10-19-20-11(12(14,15)16)21(10)8-5-6(13)3-4-7(8)18-9;1-5(2,3)4/h3-5H,2H2,1H3,(H,17,18);1H3,(H,2,3,4). The summed E-state index contributed by atoms with van der Waals surface area (Å²) in [6.45, 7) is 2.22. The van der Waals surface area contributed by atoms with Gasteiger partial charge in [-0.1, -0.05) is 0 Å². The van der Waals surface area contributed by atoms with Gasteiger partial charge in [-0.25, -0.2) is 9.37 Å². The molecule has 0 bridgehead atoms. The van der Waals surface area contributed by atoms with Gasteiger partial charge in [0.2, 0.25) is 11.5 Å². The highest BCUT2D eigenvalue weighted by Gasteiger charge is 2.38. The van der Waals surface area contributed by atoms with E-state index in [1.807, 2.05) is 0 Å². The Morgan fingerprint density at radius 2 is 1.88 bits per heavy atom. The average molecular weight is 395 g/mol. The minimum absolute atomic E-state index is 0.0380. The van der Waals surface area contributed by atoms with Crippen LogP contribution in [0.5, 0.6) is 0 Å². The molecule has 0 fully saturated rings. The lowest BCUT2D eigenvalue weighted by atomic mass is 10.3. The number of hydrogen-bond donors (Lipinski definition) is 2. The van der Waals surface area contributed by atoms with Crippen molar-refractivity contribution < 1.29 is 30.5 Å². The Bertz CT molecular complexity index is 1040. The zero-order chi connectivity index (χ0) is 19.7. The maximum Gasteiger partial charge on any atom is 0.452 e. The quantitative estimate of drug-likeness (QED) is 0.506. The molecule has 2 heterocycles. The first kappa shape index (κ1) is 19.8. The summed E-state index contributed by atoms with van der Waals surface area (Å²) < 4.78 is 79.1. The lowest BCUT2D eigenvalue weighted by molar-refractivity contribution is -0.145. The van der Waals surface area contributed by atoms with Crippen molar-refractivity contribution in [2.24, 2.45) is 0 Å². The molecule has 0 amide bonds. The van der Waals surface area contributed by atoms with E-state index in [0.717, 1.165) is 16.5 Å². The van der Waals surface area contributed by atoms with E-state index in [1.165, 1.54) is 6.07 Å². The number of nitrogens with zero attached hydrogens (tertiary/aromatic N) is 4. The van der Waals surface area contributed by atoms with Gasteiger partial charge in [0.05, 0.1) is 17.3 Å². The Morgan fingerprint density at radius 1 is 1.27 bits per heavy atom. The molecule has 0 unspecified atom stereocenters. The minimum Gasteiger partial charge on any atom is -0.367 e. The minimum atomic E-state index is -4.70. The predicted octanol–water partition coefficient (Wildman–Crippen LogP) is 2.37. The van der Waals surface area contributed by atoms with Gasteiger partial charge in [-0.3, -0.25) is 8.95 Å². The predicted molar refractivity (Wildman–Crippen MR) is 84.9 cm³/mol. The summed E-state index contributed by atoms with van der Waals surface area (Å²) in [6, 6.07) is 3.42. The molecule has 1 aromatic carbocycles. The highest BCUT2D eigenvalue weighted by Crippen LogP contribution is 2.31. The van der Waals surface area contributed by atoms with Gasteiger partial charge in [-0.2, -0.15) is 21.6 Å². The second-order valence-electron chi connectivity index (χ2n) is 5.04. The number of fused-ring (bicyclic) bond motifs is 3. The summed E-state index contributed by atoms with van der Waals surface area (Å²) in [7, 11) is -3.67. The van der Waals surface area contributed by atoms with Gasteiger partial charge in [-0.05, 0) is 19.1 Å². The number of hydrogen-bond acceptors (Lipinski definition) is 6. The lowest BCUT2D eigenvalue weighted by Crippen LogP contribution is -2.12. The summed E-state index contributed by atoms with van der Waals surface area (Å²) in [5.74, 6) is -1.71.